The first-order chi connectivity index (χ1) is 14.5. The van der Waals surface area contributed by atoms with Gasteiger partial charge in [0.25, 0.3) is 0 Å². The monoisotopic (exact) mass is 410 g/mol. The average Bonchev–Trinajstić information content (AvgIpc) is 3.08. The number of ether oxygens (including phenoxy) is 3. The molecule has 0 saturated carbocycles. The number of nitrogens with one attached hydrogen (secondary N) is 1. The zero-order valence-corrected chi connectivity index (χ0v) is 17.7. The van der Waals surface area contributed by atoms with Crippen molar-refractivity contribution in [3.63, 3.8) is 0 Å². The molecule has 0 bridgehead atoms. The molecule has 2 aromatic carbocycles. The number of rotatable bonds is 9. The number of aryl methyl sites for hydroxylation is 2. The van der Waals surface area contributed by atoms with E-state index in [1.54, 1.807) is 14.2 Å². The third kappa shape index (κ3) is 5.31. The summed E-state index contributed by atoms with van der Waals surface area (Å²) in [4.78, 5) is 12.3. The van der Waals surface area contributed by atoms with Gasteiger partial charge in [0.05, 0.1) is 31.9 Å². The minimum Gasteiger partial charge on any atom is -0.497 e. The number of carbonyl (C=O) groups excluding carboxylic acids is 1. The van der Waals surface area contributed by atoms with E-state index in [9.17, 15) is 4.79 Å². The van der Waals surface area contributed by atoms with Crippen LogP contribution in [0.2, 0.25) is 0 Å². The van der Waals surface area contributed by atoms with Gasteiger partial charge < -0.3 is 24.1 Å². The highest BCUT2D eigenvalue weighted by atomic mass is 16.5. The van der Waals surface area contributed by atoms with Gasteiger partial charge in [0.1, 0.15) is 29.6 Å². The van der Waals surface area contributed by atoms with E-state index < -0.39 is 0 Å². The highest BCUT2D eigenvalue weighted by Crippen LogP contribution is 2.24. The zero-order chi connectivity index (χ0) is 21.5. The summed E-state index contributed by atoms with van der Waals surface area (Å²) in [7, 11) is 3.20. The van der Waals surface area contributed by atoms with Gasteiger partial charge >= 0.3 is 0 Å². The first-order valence-corrected chi connectivity index (χ1v) is 9.61. The summed E-state index contributed by atoms with van der Waals surface area (Å²) in [5.41, 5.74) is 3.53. The minimum atomic E-state index is -0.0794. The van der Waals surface area contributed by atoms with E-state index in [1.807, 2.05) is 56.3 Å². The maximum atomic E-state index is 12.3. The Kier molecular flexibility index (Phi) is 6.95. The molecule has 0 radical (unpaired) electrons. The molecule has 3 aromatic rings. The molecule has 7 nitrogen and oxygen atoms in total. The van der Waals surface area contributed by atoms with Crippen LogP contribution in [-0.4, -0.2) is 25.3 Å². The summed E-state index contributed by atoms with van der Waals surface area (Å²) in [6.07, 6.45) is 0.274. The number of nitrogens with zero attached hydrogens (tertiary/aromatic N) is 1. The molecule has 0 spiro atoms. The molecule has 0 atom stereocenters. The quantitative estimate of drug-likeness (QED) is 0.579. The fraction of sp³-hybridized carbons (Fsp3) is 0.304. The highest BCUT2D eigenvalue weighted by Gasteiger charge is 2.11. The van der Waals surface area contributed by atoms with Gasteiger partial charge in [-0.2, -0.15) is 0 Å². The van der Waals surface area contributed by atoms with Crippen LogP contribution in [0.25, 0.3) is 0 Å². The fourth-order valence-electron chi connectivity index (χ4n) is 3.03. The number of methoxy groups -OCH3 is 2. The van der Waals surface area contributed by atoms with Crippen LogP contribution in [0.15, 0.2) is 47.0 Å². The Morgan fingerprint density at radius 2 is 1.77 bits per heavy atom. The third-order valence-electron chi connectivity index (χ3n) is 4.82. The SMILES string of the molecule is COc1ccc(OC)c(CNC(=O)Cc2ccc(OCc3c(C)noc3C)cc2)c1. The molecular weight excluding hydrogens is 384 g/mol. The van der Waals surface area contributed by atoms with Gasteiger partial charge in [-0.1, -0.05) is 17.3 Å². The van der Waals surface area contributed by atoms with Crippen LogP contribution in [0.1, 0.15) is 28.1 Å². The van der Waals surface area contributed by atoms with Crippen LogP contribution < -0.4 is 19.5 Å². The zero-order valence-electron chi connectivity index (χ0n) is 17.7. The lowest BCUT2D eigenvalue weighted by Gasteiger charge is -2.12. The Labute approximate surface area is 175 Å². The number of amides is 1. The summed E-state index contributed by atoms with van der Waals surface area (Å²) in [6, 6.07) is 13.0. The van der Waals surface area contributed by atoms with Gasteiger partial charge in [-0.25, -0.2) is 0 Å². The number of aromatic nitrogens is 1. The molecule has 30 heavy (non-hydrogen) atoms. The molecule has 0 aliphatic heterocycles. The Hall–Kier alpha value is -3.48. The van der Waals surface area contributed by atoms with Crippen molar-refractivity contribution in [1.29, 1.82) is 0 Å². The predicted octanol–water partition coefficient (Wildman–Crippen LogP) is 3.75. The molecule has 0 unspecified atom stereocenters. The van der Waals surface area contributed by atoms with Crippen molar-refractivity contribution < 1.29 is 23.5 Å². The highest BCUT2D eigenvalue weighted by molar-refractivity contribution is 5.78. The second-order valence-corrected chi connectivity index (χ2v) is 6.87. The van der Waals surface area contributed by atoms with Crippen LogP contribution in [0.3, 0.4) is 0 Å². The van der Waals surface area contributed by atoms with E-state index in [4.69, 9.17) is 18.7 Å². The second-order valence-electron chi connectivity index (χ2n) is 6.87. The van der Waals surface area contributed by atoms with Gasteiger partial charge in [-0.05, 0) is 49.7 Å². The Balaban J connectivity index is 1.52. The summed E-state index contributed by atoms with van der Waals surface area (Å²) < 4.78 is 21.5. The van der Waals surface area contributed by atoms with Gasteiger partial charge in [0.2, 0.25) is 5.91 Å². The Morgan fingerprint density at radius 3 is 2.40 bits per heavy atom. The number of hydrogen-bond acceptors (Lipinski definition) is 6. The summed E-state index contributed by atoms with van der Waals surface area (Å²) >= 11 is 0. The molecule has 0 saturated heterocycles. The molecule has 0 aliphatic rings. The fourth-order valence-corrected chi connectivity index (χ4v) is 3.03. The van der Waals surface area contributed by atoms with Gasteiger partial charge in [0, 0.05) is 12.1 Å². The first-order valence-electron chi connectivity index (χ1n) is 9.61. The molecular formula is C23H26N2O5. The topological polar surface area (TPSA) is 82.8 Å². The van der Waals surface area contributed by atoms with Crippen LogP contribution in [0, 0.1) is 13.8 Å². The van der Waals surface area contributed by atoms with Crippen LogP contribution in [0.4, 0.5) is 0 Å². The molecule has 1 amide bonds. The van der Waals surface area contributed by atoms with E-state index in [2.05, 4.69) is 10.5 Å². The van der Waals surface area contributed by atoms with Crippen molar-refractivity contribution in [2.24, 2.45) is 0 Å². The molecule has 1 aromatic heterocycles. The van der Waals surface area contributed by atoms with E-state index in [0.717, 1.165) is 33.9 Å². The van der Waals surface area contributed by atoms with E-state index in [1.165, 1.54) is 0 Å². The van der Waals surface area contributed by atoms with Crippen molar-refractivity contribution in [2.75, 3.05) is 14.2 Å². The van der Waals surface area contributed by atoms with E-state index in [0.29, 0.717) is 24.7 Å². The normalized spacial score (nSPS) is 10.5. The largest absolute Gasteiger partial charge is 0.497 e. The summed E-state index contributed by atoms with van der Waals surface area (Å²) in [5.74, 6) is 2.82. The van der Waals surface area contributed by atoms with Crippen LogP contribution in [-0.2, 0) is 24.4 Å². The number of benzene rings is 2. The molecule has 0 aliphatic carbocycles. The molecule has 7 heteroatoms. The van der Waals surface area contributed by atoms with Crippen molar-refractivity contribution in [3.8, 4) is 17.2 Å². The van der Waals surface area contributed by atoms with Crippen molar-refractivity contribution in [3.05, 3.63) is 70.6 Å². The minimum absolute atomic E-state index is 0.0794. The predicted molar refractivity (Wildman–Crippen MR) is 112 cm³/mol. The molecule has 1 heterocycles. The first kappa shape index (κ1) is 21.2. The summed E-state index contributed by atoms with van der Waals surface area (Å²) in [5, 5.41) is 6.84. The maximum absolute atomic E-state index is 12.3. The lowest BCUT2D eigenvalue weighted by molar-refractivity contribution is -0.120. The smallest absolute Gasteiger partial charge is 0.224 e. The van der Waals surface area contributed by atoms with Crippen molar-refractivity contribution in [1.82, 2.24) is 10.5 Å². The van der Waals surface area contributed by atoms with Crippen LogP contribution >= 0.6 is 0 Å². The van der Waals surface area contributed by atoms with Crippen molar-refractivity contribution >= 4 is 5.91 Å². The standard InChI is InChI=1S/C23H26N2O5/c1-15-21(16(2)30-25-15)14-29-19-7-5-17(6-8-19)11-23(26)24-13-18-12-20(27-3)9-10-22(18)28-4/h5-10,12H,11,13-14H2,1-4H3,(H,24,26). The molecule has 1 N–H and O–H groups in total. The number of hydrogen-bond donors (Lipinski definition) is 1. The van der Waals surface area contributed by atoms with Gasteiger partial charge in [-0.15, -0.1) is 0 Å². The van der Waals surface area contributed by atoms with Crippen LogP contribution in [0.5, 0.6) is 17.2 Å². The lowest BCUT2D eigenvalue weighted by Crippen LogP contribution is -2.24. The second kappa shape index (κ2) is 9.82. The average molecular weight is 410 g/mol. The molecule has 0 fully saturated rings. The summed E-state index contributed by atoms with van der Waals surface area (Å²) in [6.45, 7) is 4.50. The van der Waals surface area contributed by atoms with Gasteiger partial charge in [0.15, 0.2) is 0 Å². The van der Waals surface area contributed by atoms with E-state index >= 15 is 0 Å². The maximum Gasteiger partial charge on any atom is 0.224 e. The lowest BCUT2D eigenvalue weighted by atomic mass is 10.1. The Morgan fingerprint density at radius 1 is 1.03 bits per heavy atom. The molecule has 3 rings (SSSR count). The van der Waals surface area contributed by atoms with Gasteiger partial charge in [-0.3, -0.25) is 4.79 Å². The third-order valence-corrected chi connectivity index (χ3v) is 4.82. The Bertz CT molecular complexity index is 976. The van der Waals surface area contributed by atoms with Crippen molar-refractivity contribution in [2.45, 2.75) is 33.4 Å². The van der Waals surface area contributed by atoms with E-state index in [-0.39, 0.29) is 12.3 Å². The molecule has 158 valence electrons. The number of carbonyl (C=O) groups is 1.